The lowest BCUT2D eigenvalue weighted by Crippen LogP contribution is -2.46. The van der Waals surface area contributed by atoms with Crippen LogP contribution in [0.5, 0.6) is 0 Å². The van der Waals surface area contributed by atoms with Crippen molar-refractivity contribution in [1.82, 2.24) is 9.03 Å². The summed E-state index contributed by atoms with van der Waals surface area (Å²) >= 11 is 6.14. The van der Waals surface area contributed by atoms with Gasteiger partial charge in [-0.05, 0) is 43.9 Å². The van der Waals surface area contributed by atoms with E-state index in [0.29, 0.717) is 31.5 Å². The van der Waals surface area contributed by atoms with Crippen LogP contribution in [0.1, 0.15) is 45.4 Å². The molecule has 4 nitrogen and oxygen atoms in total. The molecule has 1 saturated carbocycles. The molecule has 2 fully saturated rings. The van der Waals surface area contributed by atoms with E-state index in [1.54, 1.807) is 4.31 Å². The maximum atomic E-state index is 12.2. The predicted molar refractivity (Wildman–Crippen MR) is 78.5 cm³/mol. The minimum absolute atomic E-state index is 0.221. The summed E-state index contributed by atoms with van der Waals surface area (Å²) in [5, 5.41) is 0.221. The summed E-state index contributed by atoms with van der Waals surface area (Å²) < 4.78 is 28.8. The summed E-state index contributed by atoms with van der Waals surface area (Å²) in [5.41, 5.74) is 0. The van der Waals surface area contributed by atoms with Crippen LogP contribution < -0.4 is 4.72 Å². The largest absolute Gasteiger partial charge is 0.279 e. The summed E-state index contributed by atoms with van der Waals surface area (Å²) in [4.78, 5) is 0. The summed E-state index contributed by atoms with van der Waals surface area (Å²) in [5.74, 6) is 1.04. The van der Waals surface area contributed by atoms with Crippen molar-refractivity contribution in [2.24, 2.45) is 11.8 Å². The molecule has 112 valence electrons. The fourth-order valence-electron chi connectivity index (χ4n) is 2.95. The monoisotopic (exact) mass is 308 g/mol. The molecular formula is C13H25ClN2O2S. The zero-order chi connectivity index (χ0) is 13.9. The molecule has 0 spiro atoms. The number of hydrogen-bond acceptors (Lipinski definition) is 2. The van der Waals surface area contributed by atoms with Crippen molar-refractivity contribution in [1.29, 1.82) is 0 Å². The smallest absolute Gasteiger partial charge is 0.202 e. The zero-order valence-electron chi connectivity index (χ0n) is 11.6. The van der Waals surface area contributed by atoms with E-state index in [-0.39, 0.29) is 5.38 Å². The molecule has 0 aromatic rings. The highest BCUT2D eigenvalue weighted by atomic mass is 35.5. The van der Waals surface area contributed by atoms with Gasteiger partial charge in [-0.3, -0.25) is 0 Å². The van der Waals surface area contributed by atoms with E-state index in [4.69, 9.17) is 11.6 Å². The number of rotatable bonds is 4. The number of nitrogens with zero attached hydrogens (tertiary/aromatic N) is 1. The molecule has 0 amide bonds. The first-order valence-electron chi connectivity index (χ1n) is 7.36. The summed E-state index contributed by atoms with van der Waals surface area (Å²) in [6.07, 6.45) is 6.13. The Hall–Kier alpha value is 0.160. The van der Waals surface area contributed by atoms with Gasteiger partial charge in [0, 0.05) is 25.0 Å². The molecule has 0 bridgehead atoms. The van der Waals surface area contributed by atoms with Gasteiger partial charge in [-0.15, -0.1) is 11.6 Å². The average Bonchev–Trinajstić information content (AvgIpc) is 2.37. The Kier molecular flexibility index (Phi) is 5.52. The lowest BCUT2D eigenvalue weighted by molar-refractivity contribution is 0.282. The van der Waals surface area contributed by atoms with Gasteiger partial charge in [-0.1, -0.05) is 13.3 Å². The standard InChI is InChI=1S/C13H25ClN2O2S/c1-11-5-7-16(8-6-11)19(17,18)15-10-12-3-2-4-13(14)9-12/h11-13,15H,2-10H2,1H3. The van der Waals surface area contributed by atoms with Crippen LogP contribution in [0.25, 0.3) is 0 Å². The van der Waals surface area contributed by atoms with Gasteiger partial charge >= 0.3 is 0 Å². The molecule has 0 radical (unpaired) electrons. The van der Waals surface area contributed by atoms with Gasteiger partial charge in [0.2, 0.25) is 0 Å². The minimum atomic E-state index is -3.28. The van der Waals surface area contributed by atoms with Crippen LogP contribution in [0, 0.1) is 11.8 Å². The van der Waals surface area contributed by atoms with Crippen molar-refractivity contribution in [2.75, 3.05) is 19.6 Å². The fourth-order valence-corrected chi connectivity index (χ4v) is 4.68. The number of hydrogen-bond donors (Lipinski definition) is 1. The van der Waals surface area contributed by atoms with E-state index in [0.717, 1.165) is 38.5 Å². The van der Waals surface area contributed by atoms with E-state index in [9.17, 15) is 8.42 Å². The molecule has 1 aliphatic carbocycles. The molecule has 2 unspecified atom stereocenters. The van der Waals surface area contributed by atoms with Crippen molar-refractivity contribution < 1.29 is 8.42 Å². The summed E-state index contributed by atoms with van der Waals surface area (Å²) in [7, 11) is -3.28. The first kappa shape index (κ1) is 15.5. The zero-order valence-corrected chi connectivity index (χ0v) is 13.2. The van der Waals surface area contributed by atoms with Crippen LogP contribution in [0.2, 0.25) is 0 Å². The Bertz CT molecular complexity index is 380. The highest BCUT2D eigenvalue weighted by molar-refractivity contribution is 7.87. The topological polar surface area (TPSA) is 49.4 Å². The Morgan fingerprint density at radius 1 is 1.21 bits per heavy atom. The number of alkyl halides is 1. The van der Waals surface area contributed by atoms with Gasteiger partial charge in [0.15, 0.2) is 0 Å². The van der Waals surface area contributed by atoms with Crippen molar-refractivity contribution in [3.63, 3.8) is 0 Å². The van der Waals surface area contributed by atoms with Gasteiger partial charge in [0.05, 0.1) is 0 Å². The van der Waals surface area contributed by atoms with Crippen LogP contribution in [0.15, 0.2) is 0 Å². The van der Waals surface area contributed by atoms with Crippen LogP contribution in [-0.2, 0) is 10.2 Å². The van der Waals surface area contributed by atoms with Gasteiger partial charge in [0.1, 0.15) is 0 Å². The van der Waals surface area contributed by atoms with Crippen LogP contribution in [0.3, 0.4) is 0 Å². The normalized spacial score (nSPS) is 31.5. The van der Waals surface area contributed by atoms with Crippen LogP contribution >= 0.6 is 11.6 Å². The highest BCUT2D eigenvalue weighted by Gasteiger charge is 2.28. The molecular weight excluding hydrogens is 284 g/mol. The number of halogens is 1. The Morgan fingerprint density at radius 3 is 2.53 bits per heavy atom. The number of nitrogens with one attached hydrogen (secondary N) is 1. The van der Waals surface area contributed by atoms with Gasteiger partial charge < -0.3 is 0 Å². The molecule has 19 heavy (non-hydrogen) atoms. The van der Waals surface area contributed by atoms with Gasteiger partial charge in [-0.25, -0.2) is 4.72 Å². The molecule has 2 rings (SSSR count). The minimum Gasteiger partial charge on any atom is -0.202 e. The maximum Gasteiger partial charge on any atom is 0.279 e. The van der Waals surface area contributed by atoms with Gasteiger partial charge in [0.25, 0.3) is 10.2 Å². The molecule has 1 heterocycles. The van der Waals surface area contributed by atoms with E-state index >= 15 is 0 Å². The average molecular weight is 309 g/mol. The third-order valence-corrected chi connectivity index (χ3v) is 6.33. The second-order valence-electron chi connectivity index (χ2n) is 6.06. The first-order valence-corrected chi connectivity index (χ1v) is 9.24. The van der Waals surface area contributed by atoms with Gasteiger partial charge in [-0.2, -0.15) is 12.7 Å². The van der Waals surface area contributed by atoms with Crippen molar-refractivity contribution in [3.8, 4) is 0 Å². The fraction of sp³-hybridized carbons (Fsp3) is 1.00. The Morgan fingerprint density at radius 2 is 1.89 bits per heavy atom. The van der Waals surface area contributed by atoms with Crippen LogP contribution in [0.4, 0.5) is 0 Å². The van der Waals surface area contributed by atoms with Crippen molar-refractivity contribution >= 4 is 21.8 Å². The molecule has 1 N–H and O–H groups in total. The molecule has 0 aromatic carbocycles. The van der Waals surface area contributed by atoms with E-state index in [2.05, 4.69) is 11.6 Å². The number of piperidine rings is 1. The third-order valence-electron chi connectivity index (χ3n) is 4.36. The van der Waals surface area contributed by atoms with E-state index in [1.165, 1.54) is 0 Å². The summed E-state index contributed by atoms with van der Waals surface area (Å²) in [6.45, 7) is 4.02. The molecule has 6 heteroatoms. The van der Waals surface area contributed by atoms with Crippen molar-refractivity contribution in [2.45, 2.75) is 50.8 Å². The third kappa shape index (κ3) is 4.59. The maximum absolute atomic E-state index is 12.2. The lowest BCUT2D eigenvalue weighted by atomic mass is 9.89. The lowest BCUT2D eigenvalue weighted by Gasteiger charge is -2.31. The summed E-state index contributed by atoms with van der Waals surface area (Å²) in [6, 6.07) is 0. The molecule has 1 aliphatic heterocycles. The first-order chi connectivity index (χ1) is 8.97. The quantitative estimate of drug-likeness (QED) is 0.811. The molecule has 1 saturated heterocycles. The molecule has 0 aromatic heterocycles. The molecule has 2 aliphatic rings. The van der Waals surface area contributed by atoms with E-state index in [1.807, 2.05) is 0 Å². The second kappa shape index (κ2) is 6.74. The van der Waals surface area contributed by atoms with E-state index < -0.39 is 10.2 Å². The second-order valence-corrected chi connectivity index (χ2v) is 8.44. The Balaban J connectivity index is 1.80. The Labute approximate surface area is 122 Å². The SMILES string of the molecule is CC1CCN(S(=O)(=O)NCC2CCCC(Cl)C2)CC1. The highest BCUT2D eigenvalue weighted by Crippen LogP contribution is 2.27. The van der Waals surface area contributed by atoms with Crippen LogP contribution in [-0.4, -0.2) is 37.7 Å². The van der Waals surface area contributed by atoms with Crippen molar-refractivity contribution in [3.05, 3.63) is 0 Å². The molecule has 2 atom stereocenters. The predicted octanol–water partition coefficient (Wildman–Crippen LogP) is 2.35.